The first-order chi connectivity index (χ1) is 10.7. The second-order valence-electron chi connectivity index (χ2n) is 6.18. The molecule has 134 valence electrons. The quantitative estimate of drug-likeness (QED) is 0.171. The van der Waals surface area contributed by atoms with E-state index in [2.05, 4.69) is 11.8 Å². The normalized spacial score (nSPS) is 14.1. The van der Waals surface area contributed by atoms with Crippen molar-refractivity contribution < 1.29 is 18.9 Å². The minimum Gasteiger partial charge on any atom is -0.772 e. The maximum atomic E-state index is 11.3. The highest BCUT2D eigenvalue weighted by atomic mass is 32.2. The standard InChI is InChI=1S/C17H36O4S/c1-2-3-4-5-8-11-14-17(22(19)20)15-12-9-6-7-10-13-16-21-18/h17-18H,2-16H2,1H3,(H,19,20)/p-1. The van der Waals surface area contributed by atoms with Gasteiger partial charge in [-0.15, -0.1) is 0 Å². The molecular weight excluding hydrogens is 300 g/mol. The molecule has 0 spiro atoms. The van der Waals surface area contributed by atoms with Crippen molar-refractivity contribution in [3.05, 3.63) is 0 Å². The zero-order valence-corrected chi connectivity index (χ0v) is 15.1. The molecule has 0 aromatic rings. The van der Waals surface area contributed by atoms with Crippen LogP contribution in [0.3, 0.4) is 0 Å². The summed E-state index contributed by atoms with van der Waals surface area (Å²) in [7, 11) is 0. The largest absolute Gasteiger partial charge is 0.772 e. The van der Waals surface area contributed by atoms with Crippen LogP contribution >= 0.6 is 0 Å². The Hall–Kier alpha value is 0.0300. The lowest BCUT2D eigenvalue weighted by atomic mass is 10.0. The van der Waals surface area contributed by atoms with Gasteiger partial charge in [-0.1, -0.05) is 88.6 Å². The van der Waals surface area contributed by atoms with Gasteiger partial charge in [-0.2, -0.15) is 0 Å². The molecule has 0 fully saturated rings. The van der Waals surface area contributed by atoms with Crippen molar-refractivity contribution in [2.75, 3.05) is 6.61 Å². The van der Waals surface area contributed by atoms with Gasteiger partial charge in [-0.05, 0) is 19.3 Å². The summed E-state index contributed by atoms with van der Waals surface area (Å²) < 4.78 is 22.5. The summed E-state index contributed by atoms with van der Waals surface area (Å²) in [5.41, 5.74) is 0. The Kier molecular flexibility index (Phi) is 17.4. The first kappa shape index (κ1) is 22.0. The van der Waals surface area contributed by atoms with E-state index in [1.165, 1.54) is 32.1 Å². The van der Waals surface area contributed by atoms with E-state index < -0.39 is 11.1 Å². The van der Waals surface area contributed by atoms with Crippen LogP contribution in [0.2, 0.25) is 0 Å². The second kappa shape index (κ2) is 17.4. The molecule has 22 heavy (non-hydrogen) atoms. The van der Waals surface area contributed by atoms with Crippen LogP contribution in [0.1, 0.15) is 96.8 Å². The number of hydrogen-bond acceptors (Lipinski definition) is 4. The summed E-state index contributed by atoms with van der Waals surface area (Å²) in [6.07, 6.45) is 15.2. The molecule has 0 radical (unpaired) electrons. The van der Waals surface area contributed by atoms with E-state index in [4.69, 9.17) is 5.26 Å². The zero-order valence-electron chi connectivity index (χ0n) is 14.3. The van der Waals surface area contributed by atoms with E-state index in [-0.39, 0.29) is 5.25 Å². The number of hydrogen-bond donors (Lipinski definition) is 1. The minimum absolute atomic E-state index is 0.144. The fourth-order valence-electron chi connectivity index (χ4n) is 2.73. The third kappa shape index (κ3) is 14.9. The third-order valence-corrected chi connectivity index (χ3v) is 5.18. The molecule has 2 unspecified atom stereocenters. The van der Waals surface area contributed by atoms with E-state index in [9.17, 15) is 8.76 Å². The van der Waals surface area contributed by atoms with Crippen molar-refractivity contribution in [3.63, 3.8) is 0 Å². The molecular formula is C17H35O4S-. The van der Waals surface area contributed by atoms with E-state index in [1.807, 2.05) is 0 Å². The van der Waals surface area contributed by atoms with Crippen LogP contribution in [-0.2, 0) is 16.0 Å². The zero-order chi connectivity index (χ0) is 16.5. The molecule has 5 heteroatoms. The predicted octanol–water partition coefficient (Wildman–Crippen LogP) is 5.21. The summed E-state index contributed by atoms with van der Waals surface area (Å²) in [6.45, 7) is 2.62. The molecule has 0 aliphatic heterocycles. The molecule has 0 bridgehead atoms. The van der Waals surface area contributed by atoms with Gasteiger partial charge in [-0.3, -0.25) is 9.47 Å². The van der Waals surface area contributed by atoms with Crippen molar-refractivity contribution >= 4 is 11.1 Å². The van der Waals surface area contributed by atoms with Crippen LogP contribution in [-0.4, -0.2) is 25.9 Å². The Bertz CT molecular complexity index is 249. The lowest BCUT2D eigenvalue weighted by Gasteiger charge is -2.19. The van der Waals surface area contributed by atoms with Crippen LogP contribution in [0.15, 0.2) is 0 Å². The Balaban J connectivity index is 3.50. The van der Waals surface area contributed by atoms with Crippen molar-refractivity contribution in [2.45, 2.75) is 102 Å². The molecule has 0 aromatic carbocycles. The van der Waals surface area contributed by atoms with Gasteiger partial charge in [-0.25, -0.2) is 4.89 Å². The van der Waals surface area contributed by atoms with Gasteiger partial charge < -0.3 is 4.55 Å². The molecule has 0 amide bonds. The van der Waals surface area contributed by atoms with E-state index in [1.54, 1.807) is 0 Å². The second-order valence-corrected chi connectivity index (χ2v) is 7.37. The van der Waals surface area contributed by atoms with Crippen LogP contribution in [0.25, 0.3) is 0 Å². The molecule has 0 rings (SSSR count). The van der Waals surface area contributed by atoms with Crippen molar-refractivity contribution in [1.82, 2.24) is 0 Å². The number of unbranched alkanes of at least 4 members (excludes halogenated alkanes) is 10. The smallest absolute Gasteiger partial charge is 0.0819 e. The molecule has 4 nitrogen and oxygen atoms in total. The van der Waals surface area contributed by atoms with Gasteiger partial charge in [0.05, 0.1) is 6.61 Å². The van der Waals surface area contributed by atoms with E-state index >= 15 is 0 Å². The molecule has 0 saturated heterocycles. The lowest BCUT2D eigenvalue weighted by molar-refractivity contribution is -0.242. The number of rotatable bonds is 17. The minimum atomic E-state index is -1.92. The average molecular weight is 336 g/mol. The van der Waals surface area contributed by atoms with Gasteiger partial charge in [0.2, 0.25) is 0 Å². The Morgan fingerprint density at radius 3 is 1.77 bits per heavy atom. The van der Waals surface area contributed by atoms with Gasteiger partial charge in [0.1, 0.15) is 0 Å². The first-order valence-electron chi connectivity index (χ1n) is 9.06. The summed E-state index contributed by atoms with van der Waals surface area (Å²) in [5, 5.41) is 8.05. The Morgan fingerprint density at radius 1 is 0.864 bits per heavy atom. The molecule has 2 atom stereocenters. The highest BCUT2D eigenvalue weighted by molar-refractivity contribution is 7.79. The fourth-order valence-corrected chi connectivity index (χ4v) is 3.45. The van der Waals surface area contributed by atoms with Crippen molar-refractivity contribution in [3.8, 4) is 0 Å². The molecule has 0 aromatic heterocycles. The molecule has 0 aliphatic rings. The SMILES string of the molecule is CCCCCCCCC(CCCCCCCCOO)S(=O)[O-]. The van der Waals surface area contributed by atoms with Crippen LogP contribution in [0.5, 0.6) is 0 Å². The summed E-state index contributed by atoms with van der Waals surface area (Å²) >= 11 is -1.92. The first-order valence-corrected chi connectivity index (χ1v) is 10.2. The van der Waals surface area contributed by atoms with Gasteiger partial charge in [0.25, 0.3) is 0 Å². The molecule has 1 N–H and O–H groups in total. The van der Waals surface area contributed by atoms with Crippen molar-refractivity contribution in [1.29, 1.82) is 0 Å². The van der Waals surface area contributed by atoms with Crippen LogP contribution in [0.4, 0.5) is 0 Å². The summed E-state index contributed by atoms with van der Waals surface area (Å²) in [5.74, 6) is 0. The highest BCUT2D eigenvalue weighted by Crippen LogP contribution is 2.17. The maximum Gasteiger partial charge on any atom is 0.0819 e. The van der Waals surface area contributed by atoms with Gasteiger partial charge in [0.15, 0.2) is 0 Å². The summed E-state index contributed by atoms with van der Waals surface area (Å²) in [6, 6.07) is 0. The van der Waals surface area contributed by atoms with E-state index in [0.717, 1.165) is 57.8 Å². The molecule has 0 aliphatic carbocycles. The average Bonchev–Trinajstić information content (AvgIpc) is 2.50. The lowest BCUT2D eigenvalue weighted by Crippen LogP contribution is -2.14. The predicted molar refractivity (Wildman–Crippen MR) is 91.6 cm³/mol. The topological polar surface area (TPSA) is 69.6 Å². The fraction of sp³-hybridized carbons (Fsp3) is 1.00. The summed E-state index contributed by atoms with van der Waals surface area (Å²) in [4.78, 5) is 4.03. The van der Waals surface area contributed by atoms with Gasteiger partial charge >= 0.3 is 0 Å². The molecule has 0 saturated carbocycles. The molecule has 0 heterocycles. The van der Waals surface area contributed by atoms with Gasteiger partial charge in [0, 0.05) is 5.25 Å². The Morgan fingerprint density at radius 2 is 1.32 bits per heavy atom. The van der Waals surface area contributed by atoms with Crippen LogP contribution in [0, 0.1) is 0 Å². The van der Waals surface area contributed by atoms with Crippen LogP contribution < -0.4 is 0 Å². The van der Waals surface area contributed by atoms with E-state index in [0.29, 0.717) is 6.61 Å². The maximum absolute atomic E-state index is 11.3. The monoisotopic (exact) mass is 335 g/mol. The highest BCUT2D eigenvalue weighted by Gasteiger charge is 2.08. The third-order valence-electron chi connectivity index (χ3n) is 4.16. The Labute approximate surface area is 139 Å². The van der Waals surface area contributed by atoms with Crippen molar-refractivity contribution in [2.24, 2.45) is 0 Å².